The number of fused-ring (bicyclic) bond motifs is 1. The van der Waals surface area contributed by atoms with E-state index < -0.39 is 10.0 Å². The Labute approximate surface area is 177 Å². The summed E-state index contributed by atoms with van der Waals surface area (Å²) in [6.45, 7) is 1.95. The molecule has 3 aromatic carbocycles. The first-order valence-electron chi connectivity index (χ1n) is 9.93. The standard InChI is InChI=1S/C24H24N2O3S/c1-17-9-13-22(14-10-17)26(2)30(28,29)23-8-4-7-20(16-23)24(27)25-21-12-11-18-5-3-6-19(18)15-21/h4,7-16H,3,5-6H2,1-2H3,(H,25,27). The van der Waals surface area contributed by atoms with Crippen LogP contribution in [0.15, 0.2) is 71.6 Å². The molecule has 0 bridgehead atoms. The van der Waals surface area contributed by atoms with Gasteiger partial charge in [0.05, 0.1) is 10.6 Å². The highest BCUT2D eigenvalue weighted by Crippen LogP contribution is 2.26. The predicted octanol–water partition coefficient (Wildman–Crippen LogP) is 4.56. The van der Waals surface area contributed by atoms with Crippen LogP contribution in [0.1, 0.15) is 33.5 Å². The SMILES string of the molecule is Cc1ccc(N(C)S(=O)(=O)c2cccc(C(=O)Nc3ccc4c(c3)CCC4)c2)cc1. The zero-order valence-corrected chi connectivity index (χ0v) is 17.9. The molecule has 1 N–H and O–H groups in total. The van der Waals surface area contributed by atoms with E-state index in [9.17, 15) is 13.2 Å². The second-order valence-corrected chi connectivity index (χ2v) is 9.60. The van der Waals surface area contributed by atoms with Gasteiger partial charge in [0.1, 0.15) is 0 Å². The zero-order valence-electron chi connectivity index (χ0n) is 17.1. The van der Waals surface area contributed by atoms with Crippen LogP contribution in [-0.2, 0) is 22.9 Å². The summed E-state index contributed by atoms with van der Waals surface area (Å²) in [5, 5.41) is 2.89. The van der Waals surface area contributed by atoms with Gasteiger partial charge in [-0.1, -0.05) is 29.8 Å². The summed E-state index contributed by atoms with van der Waals surface area (Å²) in [4.78, 5) is 12.8. The Morgan fingerprint density at radius 2 is 1.67 bits per heavy atom. The summed E-state index contributed by atoms with van der Waals surface area (Å²) in [5.74, 6) is -0.331. The summed E-state index contributed by atoms with van der Waals surface area (Å²) in [7, 11) is -2.28. The number of nitrogens with one attached hydrogen (secondary N) is 1. The number of sulfonamides is 1. The summed E-state index contributed by atoms with van der Waals surface area (Å²) >= 11 is 0. The number of carbonyl (C=O) groups excluding carboxylic acids is 1. The van der Waals surface area contributed by atoms with E-state index >= 15 is 0 Å². The molecule has 0 atom stereocenters. The molecule has 154 valence electrons. The molecule has 0 spiro atoms. The van der Waals surface area contributed by atoms with Gasteiger partial charge in [-0.25, -0.2) is 8.42 Å². The number of anilines is 2. The van der Waals surface area contributed by atoms with E-state index in [1.807, 2.05) is 31.2 Å². The van der Waals surface area contributed by atoms with Crippen LogP contribution in [0, 0.1) is 6.92 Å². The molecule has 0 radical (unpaired) electrons. The molecular weight excluding hydrogens is 396 g/mol. The second kappa shape index (κ2) is 7.95. The van der Waals surface area contributed by atoms with Crippen molar-refractivity contribution in [2.45, 2.75) is 31.1 Å². The summed E-state index contributed by atoms with van der Waals surface area (Å²) in [6, 6.07) is 19.3. The average molecular weight is 421 g/mol. The van der Waals surface area contributed by atoms with Crippen LogP contribution in [0.25, 0.3) is 0 Å². The van der Waals surface area contributed by atoms with E-state index in [1.54, 1.807) is 24.3 Å². The van der Waals surface area contributed by atoms with Crippen molar-refractivity contribution >= 4 is 27.3 Å². The first-order valence-corrected chi connectivity index (χ1v) is 11.4. The lowest BCUT2D eigenvalue weighted by Crippen LogP contribution is -2.26. The van der Waals surface area contributed by atoms with Crippen LogP contribution < -0.4 is 9.62 Å². The lowest BCUT2D eigenvalue weighted by atomic mass is 10.1. The van der Waals surface area contributed by atoms with Crippen molar-refractivity contribution in [3.63, 3.8) is 0 Å². The molecule has 0 heterocycles. The number of benzene rings is 3. The lowest BCUT2D eigenvalue weighted by Gasteiger charge is -2.20. The maximum absolute atomic E-state index is 13.1. The third-order valence-corrected chi connectivity index (χ3v) is 7.29. The molecule has 0 saturated heterocycles. The van der Waals surface area contributed by atoms with E-state index in [-0.39, 0.29) is 10.8 Å². The molecule has 3 aromatic rings. The molecule has 6 heteroatoms. The van der Waals surface area contributed by atoms with Crippen LogP contribution in [0.3, 0.4) is 0 Å². The fourth-order valence-corrected chi connectivity index (χ4v) is 4.94. The van der Waals surface area contributed by atoms with Gasteiger partial charge in [-0.15, -0.1) is 0 Å². The Morgan fingerprint density at radius 3 is 2.43 bits per heavy atom. The fraction of sp³-hybridized carbons (Fsp3) is 0.208. The van der Waals surface area contributed by atoms with E-state index in [0.29, 0.717) is 11.3 Å². The fourth-order valence-electron chi connectivity index (χ4n) is 3.70. The second-order valence-electron chi connectivity index (χ2n) is 7.63. The highest BCUT2D eigenvalue weighted by Gasteiger charge is 2.22. The van der Waals surface area contributed by atoms with Gasteiger partial charge in [-0.2, -0.15) is 0 Å². The van der Waals surface area contributed by atoms with Crippen LogP contribution in [0.2, 0.25) is 0 Å². The first-order chi connectivity index (χ1) is 14.3. The normalized spacial score (nSPS) is 13.0. The number of carbonyl (C=O) groups is 1. The average Bonchev–Trinajstić information content (AvgIpc) is 3.22. The molecule has 5 nitrogen and oxygen atoms in total. The highest BCUT2D eigenvalue weighted by atomic mass is 32.2. The number of hydrogen-bond acceptors (Lipinski definition) is 3. The molecule has 0 unspecified atom stereocenters. The number of aryl methyl sites for hydroxylation is 3. The van der Waals surface area contributed by atoms with E-state index in [1.165, 1.54) is 34.6 Å². The smallest absolute Gasteiger partial charge is 0.264 e. The molecule has 0 fully saturated rings. The summed E-state index contributed by atoms with van der Waals surface area (Å²) < 4.78 is 27.4. The van der Waals surface area contributed by atoms with Crippen molar-refractivity contribution in [1.82, 2.24) is 0 Å². The van der Waals surface area contributed by atoms with Gasteiger partial charge in [-0.3, -0.25) is 9.10 Å². The van der Waals surface area contributed by atoms with Crippen LogP contribution in [0.5, 0.6) is 0 Å². The Kier molecular flexibility index (Phi) is 5.35. The topological polar surface area (TPSA) is 66.5 Å². The maximum Gasteiger partial charge on any atom is 0.264 e. The van der Waals surface area contributed by atoms with Crippen molar-refractivity contribution in [2.75, 3.05) is 16.7 Å². The maximum atomic E-state index is 13.1. The van der Waals surface area contributed by atoms with Crippen molar-refractivity contribution in [3.05, 3.63) is 89.0 Å². The van der Waals surface area contributed by atoms with Gasteiger partial charge in [0.15, 0.2) is 0 Å². The molecule has 1 aliphatic carbocycles. The number of rotatable bonds is 5. The Morgan fingerprint density at radius 1 is 0.933 bits per heavy atom. The van der Waals surface area contributed by atoms with Crippen LogP contribution in [-0.4, -0.2) is 21.4 Å². The molecule has 1 amide bonds. The number of hydrogen-bond donors (Lipinski definition) is 1. The minimum absolute atomic E-state index is 0.0761. The molecule has 30 heavy (non-hydrogen) atoms. The van der Waals surface area contributed by atoms with Crippen LogP contribution in [0.4, 0.5) is 11.4 Å². The first kappa shape index (κ1) is 20.2. The van der Waals surface area contributed by atoms with Crippen molar-refractivity contribution in [1.29, 1.82) is 0 Å². The van der Waals surface area contributed by atoms with Gasteiger partial charge >= 0.3 is 0 Å². The Bertz CT molecular complexity index is 1200. The third kappa shape index (κ3) is 3.96. The van der Waals surface area contributed by atoms with Gasteiger partial charge in [0.2, 0.25) is 0 Å². The van der Waals surface area contributed by atoms with Crippen molar-refractivity contribution in [3.8, 4) is 0 Å². The van der Waals surface area contributed by atoms with Gasteiger partial charge < -0.3 is 5.32 Å². The predicted molar refractivity (Wildman–Crippen MR) is 120 cm³/mol. The molecule has 0 saturated carbocycles. The van der Waals surface area contributed by atoms with Crippen molar-refractivity contribution < 1.29 is 13.2 Å². The van der Waals surface area contributed by atoms with E-state index in [0.717, 1.165) is 30.5 Å². The minimum Gasteiger partial charge on any atom is -0.322 e. The van der Waals surface area contributed by atoms with Crippen molar-refractivity contribution in [2.24, 2.45) is 0 Å². The largest absolute Gasteiger partial charge is 0.322 e. The third-order valence-electron chi connectivity index (χ3n) is 5.51. The minimum atomic E-state index is -3.79. The lowest BCUT2D eigenvalue weighted by molar-refractivity contribution is 0.102. The zero-order chi connectivity index (χ0) is 21.3. The van der Waals surface area contributed by atoms with E-state index in [2.05, 4.69) is 11.4 Å². The van der Waals surface area contributed by atoms with Gasteiger partial charge in [0.25, 0.3) is 15.9 Å². The monoisotopic (exact) mass is 420 g/mol. The Balaban J connectivity index is 1.57. The molecular formula is C24H24N2O3S. The van der Waals surface area contributed by atoms with Crippen LogP contribution >= 0.6 is 0 Å². The quantitative estimate of drug-likeness (QED) is 0.658. The molecule has 0 aliphatic heterocycles. The number of amides is 1. The summed E-state index contributed by atoms with van der Waals surface area (Å²) in [5.41, 5.74) is 5.24. The highest BCUT2D eigenvalue weighted by molar-refractivity contribution is 7.92. The Hall–Kier alpha value is -3.12. The summed E-state index contributed by atoms with van der Waals surface area (Å²) in [6.07, 6.45) is 3.25. The number of nitrogens with zero attached hydrogens (tertiary/aromatic N) is 1. The molecule has 1 aliphatic rings. The van der Waals surface area contributed by atoms with Gasteiger partial charge in [-0.05, 0) is 79.8 Å². The van der Waals surface area contributed by atoms with Gasteiger partial charge in [0, 0.05) is 18.3 Å². The van der Waals surface area contributed by atoms with E-state index in [4.69, 9.17) is 0 Å². The molecule has 0 aromatic heterocycles. The molecule has 4 rings (SSSR count).